The van der Waals surface area contributed by atoms with Crippen LogP contribution >= 0.6 is 11.8 Å². The van der Waals surface area contributed by atoms with Crippen molar-refractivity contribution >= 4 is 16.9 Å². The molecular weight excluding hydrogens is 230 g/mol. The fourth-order valence-corrected chi connectivity index (χ4v) is 3.49. The summed E-state index contributed by atoms with van der Waals surface area (Å²) >= 11 is 1.95. The van der Waals surface area contributed by atoms with Crippen LogP contribution in [0.1, 0.15) is 33.1 Å². The second-order valence-corrected chi connectivity index (χ2v) is 6.19. The summed E-state index contributed by atoms with van der Waals surface area (Å²) in [4.78, 5) is 6.83. The van der Waals surface area contributed by atoms with E-state index in [0.717, 1.165) is 25.6 Å². The first-order valence-corrected chi connectivity index (χ1v) is 7.65. The summed E-state index contributed by atoms with van der Waals surface area (Å²) in [5, 5.41) is 5.33. The average Bonchev–Trinajstić information content (AvgIpc) is 2.75. The summed E-state index contributed by atoms with van der Waals surface area (Å²) in [5.41, 5.74) is 0. The Hall–Kier alpha value is -0.220. The summed E-state index contributed by atoms with van der Waals surface area (Å²) in [6, 6.07) is 0. The third kappa shape index (κ3) is 5.30. The fraction of sp³-hybridized carbons (Fsp3) is 0.923. The molecule has 0 radical (unpaired) electrons. The van der Waals surface area contributed by atoms with Crippen LogP contribution in [0, 0.1) is 5.92 Å². The van der Waals surface area contributed by atoms with Gasteiger partial charge in [-0.1, -0.05) is 38.5 Å². The number of amidine groups is 1. The molecule has 0 aromatic rings. The van der Waals surface area contributed by atoms with Crippen LogP contribution < -0.4 is 5.32 Å². The zero-order valence-electron chi connectivity index (χ0n) is 11.7. The summed E-state index contributed by atoms with van der Waals surface area (Å²) < 4.78 is 0. The molecule has 0 aliphatic carbocycles. The second-order valence-electron chi connectivity index (χ2n) is 4.96. The lowest BCUT2D eigenvalue weighted by atomic mass is 9.99. The third-order valence-corrected chi connectivity index (χ3v) is 4.64. The fourth-order valence-electron chi connectivity index (χ4n) is 2.14. The Bertz CT molecular complexity index is 237. The lowest BCUT2D eigenvalue weighted by Crippen LogP contribution is -2.25. The molecule has 1 N–H and O–H groups in total. The van der Waals surface area contributed by atoms with Crippen LogP contribution in [0.25, 0.3) is 0 Å². The van der Waals surface area contributed by atoms with Gasteiger partial charge in [-0.05, 0) is 33.0 Å². The number of hydrogen-bond acceptors (Lipinski definition) is 4. The van der Waals surface area contributed by atoms with Crippen LogP contribution in [0.5, 0.6) is 0 Å². The minimum atomic E-state index is 0.710. The molecule has 1 unspecified atom stereocenters. The van der Waals surface area contributed by atoms with E-state index >= 15 is 0 Å². The van der Waals surface area contributed by atoms with Gasteiger partial charge < -0.3 is 10.2 Å². The van der Waals surface area contributed by atoms with Gasteiger partial charge in [0.15, 0.2) is 5.17 Å². The minimum absolute atomic E-state index is 0.710. The summed E-state index contributed by atoms with van der Waals surface area (Å²) in [7, 11) is 4.23. The van der Waals surface area contributed by atoms with Crippen LogP contribution in [-0.2, 0) is 0 Å². The van der Waals surface area contributed by atoms with Gasteiger partial charge in [-0.15, -0.1) is 0 Å². The number of hydrogen-bond donors (Lipinski definition) is 1. The molecule has 0 bridgehead atoms. The predicted octanol–water partition coefficient (Wildman–Crippen LogP) is 2.44. The van der Waals surface area contributed by atoms with Crippen molar-refractivity contribution in [2.75, 3.05) is 33.7 Å². The Kier molecular flexibility index (Phi) is 6.97. The average molecular weight is 257 g/mol. The molecule has 0 fully saturated rings. The Morgan fingerprint density at radius 1 is 1.41 bits per heavy atom. The van der Waals surface area contributed by atoms with E-state index in [4.69, 9.17) is 0 Å². The zero-order chi connectivity index (χ0) is 12.7. The molecule has 0 aromatic carbocycles. The van der Waals surface area contributed by atoms with Crippen LogP contribution in [0.3, 0.4) is 0 Å². The van der Waals surface area contributed by atoms with Crippen molar-refractivity contribution in [1.29, 1.82) is 0 Å². The van der Waals surface area contributed by atoms with Crippen LogP contribution in [0.15, 0.2) is 4.99 Å². The Balaban J connectivity index is 2.16. The number of rotatable bonds is 7. The second kappa shape index (κ2) is 7.98. The highest BCUT2D eigenvalue weighted by atomic mass is 32.2. The standard InChI is InChI=1S/C13H27N3S/c1-5-11(6-2)12-10-15-13(17-12)14-8-7-9-16(3)4/h11-12H,5-10H2,1-4H3,(H,14,15). The van der Waals surface area contributed by atoms with Crippen molar-refractivity contribution in [2.24, 2.45) is 10.9 Å². The van der Waals surface area contributed by atoms with Crippen molar-refractivity contribution < 1.29 is 0 Å². The molecule has 1 rings (SSSR count). The molecule has 3 nitrogen and oxygen atoms in total. The van der Waals surface area contributed by atoms with Gasteiger partial charge in [0, 0.05) is 11.8 Å². The van der Waals surface area contributed by atoms with E-state index in [0.29, 0.717) is 5.25 Å². The smallest absolute Gasteiger partial charge is 0.156 e. The molecule has 1 aliphatic rings. The first kappa shape index (κ1) is 14.8. The molecule has 0 saturated heterocycles. The maximum Gasteiger partial charge on any atom is 0.156 e. The van der Waals surface area contributed by atoms with Gasteiger partial charge in [0.05, 0.1) is 6.54 Å². The van der Waals surface area contributed by atoms with Gasteiger partial charge in [0.1, 0.15) is 0 Å². The zero-order valence-corrected chi connectivity index (χ0v) is 12.5. The third-order valence-electron chi connectivity index (χ3n) is 3.31. The lowest BCUT2D eigenvalue weighted by molar-refractivity contribution is 0.400. The molecule has 0 amide bonds. The molecule has 100 valence electrons. The van der Waals surface area contributed by atoms with Crippen molar-refractivity contribution in [3.8, 4) is 0 Å². The maximum absolute atomic E-state index is 4.61. The van der Waals surface area contributed by atoms with Crippen LogP contribution in [0.4, 0.5) is 0 Å². The quantitative estimate of drug-likeness (QED) is 0.710. The van der Waals surface area contributed by atoms with Crippen molar-refractivity contribution in [1.82, 2.24) is 10.2 Å². The topological polar surface area (TPSA) is 27.6 Å². The molecular formula is C13H27N3S. The van der Waals surface area contributed by atoms with Gasteiger partial charge in [-0.2, -0.15) is 0 Å². The molecule has 1 atom stereocenters. The Labute approximate surface area is 110 Å². The Morgan fingerprint density at radius 3 is 2.71 bits per heavy atom. The van der Waals surface area contributed by atoms with Crippen LogP contribution in [-0.4, -0.2) is 49.0 Å². The van der Waals surface area contributed by atoms with E-state index in [2.05, 4.69) is 43.2 Å². The maximum atomic E-state index is 4.61. The van der Waals surface area contributed by atoms with E-state index < -0.39 is 0 Å². The normalized spacial score (nSPS) is 20.1. The highest BCUT2D eigenvalue weighted by molar-refractivity contribution is 8.14. The first-order chi connectivity index (χ1) is 8.17. The molecule has 4 heteroatoms. The van der Waals surface area contributed by atoms with E-state index in [9.17, 15) is 0 Å². The lowest BCUT2D eigenvalue weighted by Gasteiger charge is -2.18. The van der Waals surface area contributed by atoms with Gasteiger partial charge in [-0.3, -0.25) is 4.99 Å². The van der Waals surface area contributed by atoms with E-state index in [1.165, 1.54) is 24.4 Å². The summed E-state index contributed by atoms with van der Waals surface area (Å²) in [6.45, 7) is 7.77. The van der Waals surface area contributed by atoms with Crippen molar-refractivity contribution in [2.45, 2.75) is 38.4 Å². The summed E-state index contributed by atoms with van der Waals surface area (Å²) in [6.07, 6.45) is 3.73. The van der Waals surface area contributed by atoms with E-state index in [-0.39, 0.29) is 0 Å². The van der Waals surface area contributed by atoms with E-state index in [1.807, 2.05) is 11.8 Å². The minimum Gasteiger partial charge on any atom is -0.365 e. The van der Waals surface area contributed by atoms with Gasteiger partial charge in [0.2, 0.25) is 0 Å². The highest BCUT2D eigenvalue weighted by Crippen LogP contribution is 2.30. The SMILES string of the molecule is CCC(CC)C1CN=C(NCCCN(C)C)S1. The number of nitrogens with zero attached hydrogens (tertiary/aromatic N) is 2. The number of aliphatic imine (C=N–C) groups is 1. The van der Waals surface area contributed by atoms with Gasteiger partial charge in [-0.25, -0.2) is 0 Å². The predicted molar refractivity (Wildman–Crippen MR) is 78.9 cm³/mol. The molecule has 17 heavy (non-hydrogen) atoms. The van der Waals surface area contributed by atoms with Gasteiger partial charge in [0.25, 0.3) is 0 Å². The molecule has 0 spiro atoms. The Morgan fingerprint density at radius 2 is 2.12 bits per heavy atom. The van der Waals surface area contributed by atoms with Crippen LogP contribution in [0.2, 0.25) is 0 Å². The van der Waals surface area contributed by atoms with Crippen molar-refractivity contribution in [3.05, 3.63) is 0 Å². The monoisotopic (exact) mass is 257 g/mol. The highest BCUT2D eigenvalue weighted by Gasteiger charge is 2.25. The number of nitrogens with one attached hydrogen (secondary N) is 1. The molecule has 1 heterocycles. The molecule has 0 aromatic heterocycles. The molecule has 0 saturated carbocycles. The summed E-state index contributed by atoms with van der Waals surface area (Å²) in [5.74, 6) is 0.824. The van der Waals surface area contributed by atoms with Crippen molar-refractivity contribution in [3.63, 3.8) is 0 Å². The largest absolute Gasteiger partial charge is 0.365 e. The first-order valence-electron chi connectivity index (χ1n) is 6.77. The van der Waals surface area contributed by atoms with E-state index in [1.54, 1.807) is 0 Å². The number of thioether (sulfide) groups is 1. The molecule has 1 aliphatic heterocycles. The van der Waals surface area contributed by atoms with Gasteiger partial charge >= 0.3 is 0 Å².